The molecule has 1 aliphatic rings. The molecule has 0 aliphatic heterocycles. The Labute approximate surface area is 112 Å². The van der Waals surface area contributed by atoms with Gasteiger partial charge < -0.3 is 15.8 Å². The zero-order chi connectivity index (χ0) is 13.8. The molecule has 1 aromatic rings. The van der Waals surface area contributed by atoms with E-state index in [-0.39, 0.29) is 23.3 Å². The maximum Gasteiger partial charge on any atom is 0.258 e. The standard InChI is InChI=1S/C14H19FN2O2/c1-19-12-7-3-5-10(15)13(12)14(18)17-8-9-4-2-6-11(9)16/h3,5,7,9,11H,2,4,6,8,16H2,1H3,(H,17,18). The third kappa shape index (κ3) is 3.04. The molecular weight excluding hydrogens is 247 g/mol. The van der Waals surface area contributed by atoms with Crippen LogP contribution < -0.4 is 15.8 Å². The third-order valence-electron chi connectivity index (χ3n) is 3.67. The highest BCUT2D eigenvalue weighted by Crippen LogP contribution is 2.24. The van der Waals surface area contributed by atoms with E-state index < -0.39 is 11.7 Å². The summed E-state index contributed by atoms with van der Waals surface area (Å²) in [5, 5.41) is 2.75. The molecule has 0 heterocycles. The number of carbonyl (C=O) groups is 1. The van der Waals surface area contributed by atoms with Crippen LogP contribution in [-0.2, 0) is 0 Å². The first kappa shape index (κ1) is 13.8. The first-order valence-electron chi connectivity index (χ1n) is 6.49. The van der Waals surface area contributed by atoms with Crippen LogP contribution >= 0.6 is 0 Å². The number of nitrogens with two attached hydrogens (primary N) is 1. The van der Waals surface area contributed by atoms with Crippen LogP contribution in [0.15, 0.2) is 18.2 Å². The van der Waals surface area contributed by atoms with Gasteiger partial charge in [-0.05, 0) is 30.9 Å². The Morgan fingerprint density at radius 1 is 1.53 bits per heavy atom. The quantitative estimate of drug-likeness (QED) is 0.871. The normalized spacial score (nSPS) is 22.3. The Morgan fingerprint density at radius 3 is 2.95 bits per heavy atom. The molecule has 4 nitrogen and oxygen atoms in total. The van der Waals surface area contributed by atoms with Gasteiger partial charge in [0.15, 0.2) is 0 Å². The maximum absolute atomic E-state index is 13.7. The molecule has 1 amide bonds. The fourth-order valence-corrected chi connectivity index (χ4v) is 2.53. The second-order valence-corrected chi connectivity index (χ2v) is 4.88. The third-order valence-corrected chi connectivity index (χ3v) is 3.67. The summed E-state index contributed by atoms with van der Waals surface area (Å²) in [5.41, 5.74) is 5.89. The monoisotopic (exact) mass is 266 g/mol. The van der Waals surface area contributed by atoms with Crippen molar-refractivity contribution in [2.75, 3.05) is 13.7 Å². The number of halogens is 1. The van der Waals surface area contributed by atoms with E-state index in [4.69, 9.17) is 10.5 Å². The lowest BCUT2D eigenvalue weighted by Crippen LogP contribution is -2.36. The SMILES string of the molecule is COc1cccc(F)c1C(=O)NCC1CCCC1N. The van der Waals surface area contributed by atoms with Gasteiger partial charge in [0.1, 0.15) is 17.1 Å². The summed E-state index contributed by atoms with van der Waals surface area (Å²) in [6, 6.07) is 4.46. The van der Waals surface area contributed by atoms with Crippen LogP contribution in [0.5, 0.6) is 5.75 Å². The fourth-order valence-electron chi connectivity index (χ4n) is 2.53. The Bertz CT molecular complexity index is 465. The molecule has 0 bridgehead atoms. The maximum atomic E-state index is 13.7. The van der Waals surface area contributed by atoms with Crippen molar-refractivity contribution in [1.29, 1.82) is 0 Å². The Morgan fingerprint density at radius 2 is 2.32 bits per heavy atom. The number of carbonyl (C=O) groups excluding carboxylic acids is 1. The number of hydrogen-bond acceptors (Lipinski definition) is 3. The average molecular weight is 266 g/mol. The average Bonchev–Trinajstić information content (AvgIpc) is 2.81. The van der Waals surface area contributed by atoms with Crippen molar-refractivity contribution in [3.63, 3.8) is 0 Å². The zero-order valence-electron chi connectivity index (χ0n) is 11.0. The molecule has 1 aliphatic carbocycles. The number of amides is 1. The molecule has 1 saturated carbocycles. The van der Waals surface area contributed by atoms with E-state index in [1.165, 1.54) is 19.2 Å². The van der Waals surface area contributed by atoms with Gasteiger partial charge in [-0.25, -0.2) is 4.39 Å². The van der Waals surface area contributed by atoms with Crippen LogP contribution in [-0.4, -0.2) is 25.6 Å². The number of hydrogen-bond donors (Lipinski definition) is 2. The highest BCUT2D eigenvalue weighted by molar-refractivity contribution is 5.97. The molecule has 19 heavy (non-hydrogen) atoms. The molecule has 2 atom stereocenters. The Kier molecular flexibility index (Phi) is 4.37. The van der Waals surface area contributed by atoms with E-state index in [0.29, 0.717) is 6.54 Å². The van der Waals surface area contributed by atoms with Crippen LogP contribution in [0, 0.1) is 11.7 Å². The predicted octanol–water partition coefficient (Wildman–Crippen LogP) is 1.69. The topological polar surface area (TPSA) is 64.3 Å². The summed E-state index contributed by atoms with van der Waals surface area (Å²) in [7, 11) is 1.42. The summed E-state index contributed by atoms with van der Waals surface area (Å²) in [5.74, 6) is -0.503. The summed E-state index contributed by atoms with van der Waals surface area (Å²) in [4.78, 5) is 12.0. The minimum atomic E-state index is -0.576. The molecule has 0 radical (unpaired) electrons. The number of benzene rings is 1. The van der Waals surface area contributed by atoms with Gasteiger partial charge in [0.2, 0.25) is 0 Å². The molecular formula is C14H19FN2O2. The lowest BCUT2D eigenvalue weighted by Gasteiger charge is -2.16. The minimum absolute atomic E-state index is 0.0448. The van der Waals surface area contributed by atoms with Gasteiger partial charge in [-0.3, -0.25) is 4.79 Å². The number of rotatable bonds is 4. The lowest BCUT2D eigenvalue weighted by atomic mass is 10.0. The zero-order valence-corrected chi connectivity index (χ0v) is 11.0. The van der Waals surface area contributed by atoms with Crippen LogP contribution in [0.3, 0.4) is 0 Å². The highest BCUT2D eigenvalue weighted by Gasteiger charge is 2.25. The smallest absolute Gasteiger partial charge is 0.258 e. The summed E-state index contributed by atoms with van der Waals surface area (Å²) >= 11 is 0. The second-order valence-electron chi connectivity index (χ2n) is 4.88. The number of methoxy groups -OCH3 is 1. The first-order valence-corrected chi connectivity index (χ1v) is 6.49. The molecule has 0 spiro atoms. The van der Waals surface area contributed by atoms with Gasteiger partial charge in [0, 0.05) is 12.6 Å². The van der Waals surface area contributed by atoms with Crippen molar-refractivity contribution in [3.05, 3.63) is 29.6 Å². The molecule has 2 unspecified atom stereocenters. The van der Waals surface area contributed by atoms with Crippen molar-refractivity contribution in [1.82, 2.24) is 5.32 Å². The van der Waals surface area contributed by atoms with Gasteiger partial charge in [0.25, 0.3) is 5.91 Å². The van der Waals surface area contributed by atoms with E-state index in [2.05, 4.69) is 5.32 Å². The van der Waals surface area contributed by atoms with Gasteiger partial charge in [-0.15, -0.1) is 0 Å². The molecule has 3 N–H and O–H groups in total. The van der Waals surface area contributed by atoms with E-state index in [0.717, 1.165) is 19.3 Å². The van der Waals surface area contributed by atoms with Gasteiger partial charge >= 0.3 is 0 Å². The fraction of sp³-hybridized carbons (Fsp3) is 0.500. The van der Waals surface area contributed by atoms with E-state index in [1.807, 2.05) is 0 Å². The molecule has 1 fully saturated rings. The molecule has 2 rings (SSSR count). The van der Waals surface area contributed by atoms with E-state index in [9.17, 15) is 9.18 Å². The number of ether oxygens (including phenoxy) is 1. The van der Waals surface area contributed by atoms with Crippen LogP contribution in [0.4, 0.5) is 4.39 Å². The van der Waals surface area contributed by atoms with Crippen molar-refractivity contribution in [2.45, 2.75) is 25.3 Å². The molecule has 5 heteroatoms. The Hall–Kier alpha value is -1.62. The second kappa shape index (κ2) is 6.02. The van der Waals surface area contributed by atoms with Crippen LogP contribution in [0.2, 0.25) is 0 Å². The van der Waals surface area contributed by atoms with Crippen molar-refractivity contribution >= 4 is 5.91 Å². The summed E-state index contributed by atoms with van der Waals surface area (Å²) in [6.07, 6.45) is 3.09. The summed E-state index contributed by atoms with van der Waals surface area (Å²) in [6.45, 7) is 0.484. The van der Waals surface area contributed by atoms with Crippen LogP contribution in [0.25, 0.3) is 0 Å². The van der Waals surface area contributed by atoms with Crippen molar-refractivity contribution in [3.8, 4) is 5.75 Å². The molecule has 0 aromatic heterocycles. The molecule has 104 valence electrons. The molecule has 0 saturated heterocycles. The van der Waals surface area contributed by atoms with Crippen LogP contribution in [0.1, 0.15) is 29.6 Å². The molecule has 1 aromatic carbocycles. The van der Waals surface area contributed by atoms with Crippen molar-refractivity contribution in [2.24, 2.45) is 11.7 Å². The largest absolute Gasteiger partial charge is 0.496 e. The Balaban J connectivity index is 2.03. The van der Waals surface area contributed by atoms with E-state index in [1.54, 1.807) is 6.07 Å². The lowest BCUT2D eigenvalue weighted by molar-refractivity contribution is 0.0939. The predicted molar refractivity (Wildman–Crippen MR) is 70.6 cm³/mol. The van der Waals surface area contributed by atoms with E-state index >= 15 is 0 Å². The van der Waals surface area contributed by atoms with Gasteiger partial charge in [-0.1, -0.05) is 12.5 Å². The van der Waals surface area contributed by atoms with Crippen molar-refractivity contribution < 1.29 is 13.9 Å². The first-order chi connectivity index (χ1) is 9.13. The van der Waals surface area contributed by atoms with Gasteiger partial charge in [0.05, 0.1) is 7.11 Å². The summed E-state index contributed by atoms with van der Waals surface area (Å²) < 4.78 is 18.7. The number of nitrogens with one attached hydrogen (secondary N) is 1. The minimum Gasteiger partial charge on any atom is -0.496 e. The van der Waals surface area contributed by atoms with Gasteiger partial charge in [-0.2, -0.15) is 0 Å². The highest BCUT2D eigenvalue weighted by atomic mass is 19.1.